The summed E-state index contributed by atoms with van der Waals surface area (Å²) in [5.74, 6) is -0.0746. The third kappa shape index (κ3) is 3.45. The molecule has 1 heterocycles. The van der Waals surface area contributed by atoms with E-state index in [0.717, 1.165) is 24.2 Å². The lowest BCUT2D eigenvalue weighted by Crippen LogP contribution is -2.32. The molecule has 4 nitrogen and oxygen atoms in total. The molecule has 2 rings (SSSR count). The summed E-state index contributed by atoms with van der Waals surface area (Å²) in [5, 5.41) is 12.8. The summed E-state index contributed by atoms with van der Waals surface area (Å²) in [5.41, 5.74) is 1.72. The summed E-state index contributed by atoms with van der Waals surface area (Å²) < 4.78 is 0. The zero-order valence-corrected chi connectivity index (χ0v) is 11.1. The van der Waals surface area contributed by atoms with Crippen LogP contribution in [-0.2, 0) is 4.79 Å². The zero-order valence-electron chi connectivity index (χ0n) is 10.3. The molecule has 1 amide bonds. The number of β-amino-alcohol motifs (C(OH)–C–C–N with tert-alkyl or cyclic N) is 1. The summed E-state index contributed by atoms with van der Waals surface area (Å²) in [6, 6.07) is 5.41. The lowest BCUT2D eigenvalue weighted by Gasteiger charge is -2.15. The summed E-state index contributed by atoms with van der Waals surface area (Å²) >= 11 is 5.89. The van der Waals surface area contributed by atoms with Crippen LogP contribution in [0, 0.1) is 6.92 Å². The van der Waals surface area contributed by atoms with Gasteiger partial charge in [0, 0.05) is 23.8 Å². The largest absolute Gasteiger partial charge is 0.392 e. The molecule has 0 bridgehead atoms. The molecule has 0 saturated carbocycles. The molecule has 1 aliphatic rings. The minimum absolute atomic E-state index is 0.0746. The summed E-state index contributed by atoms with van der Waals surface area (Å²) in [6.45, 7) is 3.57. The van der Waals surface area contributed by atoms with Crippen LogP contribution in [0.3, 0.4) is 0 Å². The number of anilines is 1. The number of halogens is 1. The minimum atomic E-state index is -0.300. The molecule has 1 fully saturated rings. The van der Waals surface area contributed by atoms with Gasteiger partial charge in [-0.3, -0.25) is 9.69 Å². The van der Waals surface area contributed by atoms with Crippen LogP contribution >= 0.6 is 11.6 Å². The highest BCUT2D eigenvalue weighted by molar-refractivity contribution is 6.31. The molecule has 0 aliphatic carbocycles. The first kappa shape index (κ1) is 13.3. The molecule has 0 unspecified atom stereocenters. The van der Waals surface area contributed by atoms with Crippen LogP contribution in [-0.4, -0.2) is 41.7 Å². The van der Waals surface area contributed by atoms with Crippen molar-refractivity contribution in [3.05, 3.63) is 28.8 Å². The molecular weight excluding hydrogens is 252 g/mol. The van der Waals surface area contributed by atoms with E-state index in [1.165, 1.54) is 0 Å². The lowest BCUT2D eigenvalue weighted by molar-refractivity contribution is -0.117. The highest BCUT2D eigenvalue weighted by atomic mass is 35.5. The Kier molecular flexibility index (Phi) is 4.22. The van der Waals surface area contributed by atoms with Crippen molar-refractivity contribution in [3.8, 4) is 0 Å². The number of amides is 1. The number of rotatable bonds is 3. The Morgan fingerprint density at radius 2 is 2.39 bits per heavy atom. The Balaban J connectivity index is 1.92. The van der Waals surface area contributed by atoms with Gasteiger partial charge in [-0.15, -0.1) is 0 Å². The predicted octanol–water partition coefficient (Wildman–Crippen LogP) is 1.65. The van der Waals surface area contributed by atoms with Crippen molar-refractivity contribution in [2.24, 2.45) is 0 Å². The average molecular weight is 269 g/mol. The van der Waals surface area contributed by atoms with Gasteiger partial charge in [-0.05, 0) is 31.0 Å². The molecule has 0 aromatic heterocycles. The van der Waals surface area contributed by atoms with Gasteiger partial charge in [0.1, 0.15) is 0 Å². The maximum absolute atomic E-state index is 11.9. The molecule has 1 saturated heterocycles. The van der Waals surface area contributed by atoms with E-state index in [0.29, 0.717) is 18.1 Å². The van der Waals surface area contributed by atoms with Crippen LogP contribution in [0.4, 0.5) is 5.69 Å². The van der Waals surface area contributed by atoms with Crippen LogP contribution in [0.5, 0.6) is 0 Å². The first-order valence-electron chi connectivity index (χ1n) is 6.01. The zero-order chi connectivity index (χ0) is 13.1. The minimum Gasteiger partial charge on any atom is -0.392 e. The van der Waals surface area contributed by atoms with E-state index in [1.807, 2.05) is 17.9 Å². The molecule has 0 spiro atoms. The Bertz CT molecular complexity index is 451. The van der Waals surface area contributed by atoms with Gasteiger partial charge in [-0.25, -0.2) is 0 Å². The van der Waals surface area contributed by atoms with Crippen LogP contribution in [0.2, 0.25) is 5.02 Å². The molecule has 1 aliphatic heterocycles. The number of carbonyl (C=O) groups is 1. The summed E-state index contributed by atoms with van der Waals surface area (Å²) in [7, 11) is 0. The number of aliphatic hydroxyl groups is 1. The second kappa shape index (κ2) is 5.69. The number of aryl methyl sites for hydroxylation is 1. The fourth-order valence-corrected chi connectivity index (χ4v) is 2.25. The third-order valence-electron chi connectivity index (χ3n) is 3.09. The molecule has 1 aromatic rings. The van der Waals surface area contributed by atoms with E-state index in [1.54, 1.807) is 12.1 Å². The van der Waals surface area contributed by atoms with Gasteiger partial charge in [0.15, 0.2) is 0 Å². The molecule has 1 aromatic carbocycles. The van der Waals surface area contributed by atoms with E-state index in [2.05, 4.69) is 5.32 Å². The fourth-order valence-electron chi connectivity index (χ4n) is 2.08. The van der Waals surface area contributed by atoms with E-state index in [4.69, 9.17) is 11.6 Å². The third-order valence-corrected chi connectivity index (χ3v) is 3.32. The van der Waals surface area contributed by atoms with Crippen molar-refractivity contribution in [2.75, 3.05) is 25.0 Å². The van der Waals surface area contributed by atoms with Crippen molar-refractivity contribution < 1.29 is 9.90 Å². The number of aliphatic hydroxyl groups excluding tert-OH is 1. The molecular formula is C13H17ClN2O2. The smallest absolute Gasteiger partial charge is 0.238 e. The Labute approximate surface area is 112 Å². The summed E-state index contributed by atoms with van der Waals surface area (Å²) in [4.78, 5) is 13.8. The molecule has 98 valence electrons. The normalized spacial score (nSPS) is 20.1. The van der Waals surface area contributed by atoms with Gasteiger partial charge in [-0.2, -0.15) is 0 Å². The van der Waals surface area contributed by atoms with Gasteiger partial charge in [0.25, 0.3) is 0 Å². The van der Waals surface area contributed by atoms with Crippen molar-refractivity contribution in [1.82, 2.24) is 4.90 Å². The highest BCUT2D eigenvalue weighted by Crippen LogP contribution is 2.20. The van der Waals surface area contributed by atoms with Crippen molar-refractivity contribution in [3.63, 3.8) is 0 Å². The topological polar surface area (TPSA) is 52.6 Å². The highest BCUT2D eigenvalue weighted by Gasteiger charge is 2.22. The molecule has 1 atom stereocenters. The average Bonchev–Trinajstić information content (AvgIpc) is 2.69. The van der Waals surface area contributed by atoms with E-state index < -0.39 is 0 Å². The van der Waals surface area contributed by atoms with Gasteiger partial charge in [0.2, 0.25) is 5.91 Å². The first-order chi connectivity index (χ1) is 8.54. The molecule has 18 heavy (non-hydrogen) atoms. The molecule has 5 heteroatoms. The van der Waals surface area contributed by atoms with Crippen molar-refractivity contribution in [2.45, 2.75) is 19.4 Å². The van der Waals surface area contributed by atoms with E-state index >= 15 is 0 Å². The fraction of sp³-hybridized carbons (Fsp3) is 0.462. The molecule has 0 radical (unpaired) electrons. The van der Waals surface area contributed by atoms with Crippen LogP contribution in [0.25, 0.3) is 0 Å². The number of nitrogens with one attached hydrogen (secondary N) is 1. The first-order valence-corrected chi connectivity index (χ1v) is 6.39. The number of likely N-dealkylation sites (tertiary alicyclic amines) is 1. The SMILES string of the molecule is Cc1ccc(Cl)cc1NC(=O)CN1CC[C@@H](O)C1. The Morgan fingerprint density at radius 1 is 1.61 bits per heavy atom. The second-order valence-corrected chi connectivity index (χ2v) is 5.12. The number of benzene rings is 1. The number of hydrogen-bond donors (Lipinski definition) is 2. The van der Waals surface area contributed by atoms with Gasteiger partial charge in [0.05, 0.1) is 12.6 Å². The maximum Gasteiger partial charge on any atom is 0.238 e. The Morgan fingerprint density at radius 3 is 3.06 bits per heavy atom. The Hall–Kier alpha value is -1.10. The van der Waals surface area contributed by atoms with E-state index in [9.17, 15) is 9.90 Å². The monoisotopic (exact) mass is 268 g/mol. The van der Waals surface area contributed by atoms with Gasteiger partial charge >= 0.3 is 0 Å². The van der Waals surface area contributed by atoms with E-state index in [-0.39, 0.29) is 12.0 Å². The standard InChI is InChI=1S/C13H17ClN2O2/c1-9-2-3-10(14)6-12(9)15-13(18)8-16-5-4-11(17)7-16/h2-3,6,11,17H,4-5,7-8H2,1H3,(H,15,18)/t11-/m1/s1. The van der Waals surface area contributed by atoms with Crippen LogP contribution in [0.15, 0.2) is 18.2 Å². The van der Waals surface area contributed by atoms with Crippen molar-refractivity contribution >= 4 is 23.2 Å². The molecule has 2 N–H and O–H groups in total. The van der Waals surface area contributed by atoms with Crippen LogP contribution < -0.4 is 5.32 Å². The van der Waals surface area contributed by atoms with Gasteiger partial charge < -0.3 is 10.4 Å². The second-order valence-electron chi connectivity index (χ2n) is 4.69. The van der Waals surface area contributed by atoms with Crippen molar-refractivity contribution in [1.29, 1.82) is 0 Å². The quantitative estimate of drug-likeness (QED) is 0.877. The van der Waals surface area contributed by atoms with Crippen LogP contribution in [0.1, 0.15) is 12.0 Å². The number of carbonyl (C=O) groups excluding carboxylic acids is 1. The maximum atomic E-state index is 11.9. The number of hydrogen-bond acceptors (Lipinski definition) is 3. The lowest BCUT2D eigenvalue weighted by atomic mass is 10.2. The predicted molar refractivity (Wildman–Crippen MR) is 71.9 cm³/mol. The number of nitrogens with zero attached hydrogens (tertiary/aromatic N) is 1. The van der Waals surface area contributed by atoms with Gasteiger partial charge in [-0.1, -0.05) is 17.7 Å². The summed E-state index contributed by atoms with van der Waals surface area (Å²) in [6.07, 6.45) is 0.439.